The Hall–Kier alpha value is -7.75. The summed E-state index contributed by atoms with van der Waals surface area (Å²) in [5.74, 6) is 0.700. The lowest BCUT2D eigenvalue weighted by Crippen LogP contribution is -1.96. The van der Waals surface area contributed by atoms with Crippen molar-refractivity contribution >= 4 is 43.2 Å². The lowest BCUT2D eigenvalue weighted by Gasteiger charge is -2.15. The highest BCUT2D eigenvalue weighted by molar-refractivity contribution is 6.17. The van der Waals surface area contributed by atoms with Gasteiger partial charge in [0.15, 0.2) is 5.82 Å². The minimum absolute atomic E-state index is 0.700. The monoisotopic (exact) mass is 737 g/mol. The predicted octanol–water partition coefficient (Wildman–Crippen LogP) is 14.5. The summed E-state index contributed by atoms with van der Waals surface area (Å²) in [5, 5.41) is 8.24. The standard InChI is InChI=1S/C55H35N3/c1-2-15-38(16-3-1)54-49-25-12-24-47(53(49)48-23-8-9-26-50(48)56-54)43-21-10-19-41(31-43)42-20-11-22-44(33-42)51-35-52(45-29-27-36-13-4-6-17-39(36)32-45)58-55(57-51)46-30-28-37-14-5-7-18-40(37)34-46/h1-35H. The molecule has 0 radical (unpaired) electrons. The van der Waals surface area contributed by atoms with Gasteiger partial charge in [0.1, 0.15) is 0 Å². The van der Waals surface area contributed by atoms with E-state index in [1.165, 1.54) is 27.1 Å². The van der Waals surface area contributed by atoms with Crippen LogP contribution in [0.5, 0.6) is 0 Å². The Morgan fingerprint density at radius 1 is 0.276 bits per heavy atom. The molecule has 0 aliphatic carbocycles. The predicted molar refractivity (Wildman–Crippen MR) is 242 cm³/mol. The van der Waals surface area contributed by atoms with Crippen molar-refractivity contribution in [2.75, 3.05) is 0 Å². The van der Waals surface area contributed by atoms with E-state index in [1.807, 2.05) is 0 Å². The van der Waals surface area contributed by atoms with Gasteiger partial charge in [-0.1, -0.05) is 176 Å². The van der Waals surface area contributed by atoms with Crippen molar-refractivity contribution in [3.8, 4) is 67.4 Å². The van der Waals surface area contributed by atoms with Crippen LogP contribution in [0.15, 0.2) is 212 Å². The summed E-state index contributed by atoms with van der Waals surface area (Å²) in [4.78, 5) is 15.6. The largest absolute Gasteiger partial charge is 0.247 e. The topological polar surface area (TPSA) is 38.7 Å². The van der Waals surface area contributed by atoms with Crippen LogP contribution >= 0.6 is 0 Å². The van der Waals surface area contributed by atoms with Gasteiger partial charge in [-0.25, -0.2) is 15.0 Å². The molecule has 11 rings (SSSR count). The van der Waals surface area contributed by atoms with Gasteiger partial charge in [-0.05, 0) is 80.2 Å². The molecule has 58 heavy (non-hydrogen) atoms. The van der Waals surface area contributed by atoms with Gasteiger partial charge in [-0.3, -0.25) is 0 Å². The molecule has 11 aromatic rings. The SMILES string of the molecule is c1ccc(-c2nc3ccccc3c3c(-c4cccc(-c5cccc(-c6cc(-c7ccc8ccccc8c7)nc(-c7ccc8ccccc8c7)n6)c5)c4)cccc23)cc1. The zero-order chi connectivity index (χ0) is 38.4. The molecule has 0 fully saturated rings. The second kappa shape index (κ2) is 14.1. The second-order valence-electron chi connectivity index (χ2n) is 14.8. The summed E-state index contributed by atoms with van der Waals surface area (Å²) in [7, 11) is 0. The molecule has 9 aromatic carbocycles. The van der Waals surface area contributed by atoms with Crippen LogP contribution in [0, 0.1) is 0 Å². The van der Waals surface area contributed by atoms with E-state index >= 15 is 0 Å². The Morgan fingerprint density at radius 2 is 0.793 bits per heavy atom. The van der Waals surface area contributed by atoms with Crippen molar-refractivity contribution in [3.63, 3.8) is 0 Å². The van der Waals surface area contributed by atoms with Gasteiger partial charge in [0.25, 0.3) is 0 Å². The number of nitrogens with zero attached hydrogens (tertiary/aromatic N) is 3. The summed E-state index contributed by atoms with van der Waals surface area (Å²) in [5.41, 5.74) is 12.5. The quantitative estimate of drug-likeness (QED) is 0.160. The van der Waals surface area contributed by atoms with E-state index in [2.05, 4.69) is 212 Å². The average molecular weight is 738 g/mol. The summed E-state index contributed by atoms with van der Waals surface area (Å²) >= 11 is 0. The van der Waals surface area contributed by atoms with E-state index in [4.69, 9.17) is 15.0 Å². The Bertz CT molecular complexity index is 3250. The molecule has 3 nitrogen and oxygen atoms in total. The maximum absolute atomic E-state index is 5.25. The number of benzene rings is 9. The number of hydrogen-bond acceptors (Lipinski definition) is 3. The molecule has 0 saturated carbocycles. The smallest absolute Gasteiger partial charge is 0.160 e. The molecule has 3 heteroatoms. The highest BCUT2D eigenvalue weighted by Crippen LogP contribution is 2.40. The van der Waals surface area contributed by atoms with E-state index in [9.17, 15) is 0 Å². The van der Waals surface area contributed by atoms with Crippen molar-refractivity contribution < 1.29 is 0 Å². The third-order valence-electron chi connectivity index (χ3n) is 11.2. The molecular weight excluding hydrogens is 703 g/mol. The third kappa shape index (κ3) is 6.07. The first-order chi connectivity index (χ1) is 28.7. The molecule has 0 spiro atoms. The average Bonchev–Trinajstić information content (AvgIpc) is 3.31. The van der Waals surface area contributed by atoms with Crippen LogP contribution < -0.4 is 0 Å². The molecule has 0 bridgehead atoms. The first-order valence-corrected chi connectivity index (χ1v) is 19.7. The fourth-order valence-electron chi connectivity index (χ4n) is 8.33. The van der Waals surface area contributed by atoms with Gasteiger partial charge >= 0.3 is 0 Å². The van der Waals surface area contributed by atoms with Crippen molar-refractivity contribution in [2.45, 2.75) is 0 Å². The van der Waals surface area contributed by atoms with Crippen molar-refractivity contribution in [2.24, 2.45) is 0 Å². The lowest BCUT2D eigenvalue weighted by atomic mass is 9.91. The minimum Gasteiger partial charge on any atom is -0.247 e. The van der Waals surface area contributed by atoms with Gasteiger partial charge in [0.05, 0.1) is 22.6 Å². The zero-order valence-electron chi connectivity index (χ0n) is 31.5. The number of pyridine rings is 1. The van der Waals surface area contributed by atoms with Gasteiger partial charge in [0, 0.05) is 38.4 Å². The molecule has 0 amide bonds. The Labute approximate surface area is 336 Å². The molecule has 0 unspecified atom stereocenters. The van der Waals surface area contributed by atoms with Gasteiger partial charge in [0.2, 0.25) is 0 Å². The second-order valence-corrected chi connectivity index (χ2v) is 14.8. The van der Waals surface area contributed by atoms with Crippen LogP contribution in [0.3, 0.4) is 0 Å². The van der Waals surface area contributed by atoms with Crippen LogP contribution in [0.4, 0.5) is 0 Å². The molecule has 270 valence electrons. The maximum atomic E-state index is 5.25. The first kappa shape index (κ1) is 33.6. The number of fused-ring (bicyclic) bond motifs is 5. The Kier molecular flexibility index (Phi) is 8.15. The summed E-state index contributed by atoms with van der Waals surface area (Å²) in [6, 6.07) is 75.2. The van der Waals surface area contributed by atoms with Gasteiger partial charge in [-0.15, -0.1) is 0 Å². The first-order valence-electron chi connectivity index (χ1n) is 19.7. The van der Waals surface area contributed by atoms with Crippen LogP contribution in [0.25, 0.3) is 111 Å². The van der Waals surface area contributed by atoms with E-state index in [0.29, 0.717) is 5.82 Å². The van der Waals surface area contributed by atoms with Crippen molar-refractivity contribution in [1.82, 2.24) is 15.0 Å². The minimum atomic E-state index is 0.700. The van der Waals surface area contributed by atoms with Crippen molar-refractivity contribution in [1.29, 1.82) is 0 Å². The Morgan fingerprint density at radius 3 is 1.53 bits per heavy atom. The Balaban J connectivity index is 1.04. The molecular formula is C55H35N3. The number of para-hydroxylation sites is 1. The molecule has 0 aliphatic heterocycles. The van der Waals surface area contributed by atoms with Crippen LogP contribution in [0.1, 0.15) is 0 Å². The summed E-state index contributed by atoms with van der Waals surface area (Å²) in [6.45, 7) is 0. The van der Waals surface area contributed by atoms with Crippen molar-refractivity contribution in [3.05, 3.63) is 212 Å². The molecule has 0 N–H and O–H groups in total. The van der Waals surface area contributed by atoms with E-state index in [1.54, 1.807) is 0 Å². The van der Waals surface area contributed by atoms with Crippen LogP contribution in [0.2, 0.25) is 0 Å². The zero-order valence-corrected chi connectivity index (χ0v) is 31.5. The molecule has 0 atom stereocenters. The molecule has 0 aliphatic rings. The van der Waals surface area contributed by atoms with E-state index in [0.717, 1.165) is 77.7 Å². The normalized spacial score (nSPS) is 11.4. The highest BCUT2D eigenvalue weighted by Gasteiger charge is 2.16. The summed E-state index contributed by atoms with van der Waals surface area (Å²) < 4.78 is 0. The van der Waals surface area contributed by atoms with Gasteiger partial charge in [-0.2, -0.15) is 0 Å². The maximum Gasteiger partial charge on any atom is 0.160 e. The van der Waals surface area contributed by atoms with Crippen LogP contribution in [-0.4, -0.2) is 15.0 Å². The molecule has 2 aromatic heterocycles. The van der Waals surface area contributed by atoms with Crippen LogP contribution in [-0.2, 0) is 0 Å². The third-order valence-corrected chi connectivity index (χ3v) is 11.2. The molecule has 2 heterocycles. The highest BCUT2D eigenvalue weighted by atomic mass is 14.9. The van der Waals surface area contributed by atoms with Gasteiger partial charge < -0.3 is 0 Å². The molecule has 0 saturated heterocycles. The summed E-state index contributed by atoms with van der Waals surface area (Å²) in [6.07, 6.45) is 0. The fraction of sp³-hybridized carbons (Fsp3) is 0. The lowest BCUT2D eigenvalue weighted by molar-refractivity contribution is 1.18. The number of hydrogen-bond donors (Lipinski definition) is 0. The fourth-order valence-corrected chi connectivity index (χ4v) is 8.33. The number of rotatable bonds is 6. The number of aromatic nitrogens is 3. The van der Waals surface area contributed by atoms with E-state index < -0.39 is 0 Å². The van der Waals surface area contributed by atoms with E-state index in [-0.39, 0.29) is 0 Å².